The average Bonchev–Trinajstić information content (AvgIpc) is 2.17. The summed E-state index contributed by atoms with van der Waals surface area (Å²) in [5.41, 5.74) is 1.20. The zero-order valence-corrected chi connectivity index (χ0v) is 8.33. The molecule has 1 aromatic heterocycles. The maximum atomic E-state index is 5.05. The average molecular weight is 181 g/mol. The van der Waals surface area contributed by atoms with E-state index < -0.39 is 0 Å². The van der Waals surface area contributed by atoms with Gasteiger partial charge in [0.1, 0.15) is 0 Å². The minimum Gasteiger partial charge on any atom is -0.481 e. The summed E-state index contributed by atoms with van der Waals surface area (Å²) in [6, 6.07) is 3.87. The van der Waals surface area contributed by atoms with Gasteiger partial charge in [0.25, 0.3) is 0 Å². The molecule has 0 saturated heterocycles. The largest absolute Gasteiger partial charge is 0.481 e. The van der Waals surface area contributed by atoms with E-state index >= 15 is 0 Å². The Morgan fingerprint density at radius 3 is 2.08 bits per heavy atom. The van der Waals surface area contributed by atoms with Gasteiger partial charge in [0.05, 0.1) is 14.2 Å². The molecule has 0 fully saturated rings. The molecule has 1 heterocycles. The Morgan fingerprint density at radius 1 is 1.15 bits per heavy atom. The summed E-state index contributed by atoms with van der Waals surface area (Å²) in [4.78, 5) is 4.11. The van der Waals surface area contributed by atoms with Crippen LogP contribution in [0.25, 0.3) is 0 Å². The van der Waals surface area contributed by atoms with Gasteiger partial charge in [0, 0.05) is 12.1 Å². The van der Waals surface area contributed by atoms with Crippen LogP contribution < -0.4 is 9.47 Å². The van der Waals surface area contributed by atoms with Gasteiger partial charge in [-0.15, -0.1) is 0 Å². The second-order valence-electron chi connectivity index (χ2n) is 2.81. The highest BCUT2D eigenvalue weighted by Crippen LogP contribution is 2.18. The summed E-state index contributed by atoms with van der Waals surface area (Å²) in [6.45, 7) is 2.14. The van der Waals surface area contributed by atoms with Crippen molar-refractivity contribution in [2.75, 3.05) is 14.2 Å². The third-order valence-corrected chi connectivity index (χ3v) is 1.80. The Kier molecular flexibility index (Phi) is 3.55. The smallest absolute Gasteiger partial charge is 0.216 e. The van der Waals surface area contributed by atoms with Crippen LogP contribution in [0.2, 0.25) is 0 Å². The molecule has 0 bridgehead atoms. The van der Waals surface area contributed by atoms with E-state index in [2.05, 4.69) is 11.9 Å². The Morgan fingerprint density at radius 2 is 1.69 bits per heavy atom. The fourth-order valence-electron chi connectivity index (χ4n) is 1.17. The molecule has 1 aromatic rings. The monoisotopic (exact) mass is 181 g/mol. The summed E-state index contributed by atoms with van der Waals surface area (Å²) >= 11 is 0. The van der Waals surface area contributed by atoms with Crippen LogP contribution in [0.3, 0.4) is 0 Å². The van der Waals surface area contributed by atoms with E-state index in [1.807, 2.05) is 12.1 Å². The molecule has 0 amide bonds. The number of hydrogen-bond acceptors (Lipinski definition) is 3. The number of pyridine rings is 1. The molecule has 0 aliphatic heterocycles. The van der Waals surface area contributed by atoms with Crippen molar-refractivity contribution >= 4 is 0 Å². The van der Waals surface area contributed by atoms with Gasteiger partial charge in [-0.3, -0.25) is 0 Å². The third-order valence-electron chi connectivity index (χ3n) is 1.80. The summed E-state index contributed by atoms with van der Waals surface area (Å²) in [5.74, 6) is 1.23. The predicted molar refractivity (Wildman–Crippen MR) is 51.3 cm³/mol. The molecule has 0 unspecified atom stereocenters. The molecule has 3 nitrogen and oxygen atoms in total. The van der Waals surface area contributed by atoms with E-state index in [0.717, 1.165) is 12.8 Å². The second kappa shape index (κ2) is 4.70. The number of nitrogens with zero attached hydrogens (tertiary/aromatic N) is 1. The van der Waals surface area contributed by atoms with Crippen molar-refractivity contribution in [1.29, 1.82) is 0 Å². The highest BCUT2D eigenvalue weighted by atomic mass is 16.5. The van der Waals surface area contributed by atoms with Gasteiger partial charge in [-0.1, -0.05) is 13.3 Å². The van der Waals surface area contributed by atoms with E-state index in [4.69, 9.17) is 9.47 Å². The topological polar surface area (TPSA) is 31.4 Å². The summed E-state index contributed by atoms with van der Waals surface area (Å²) < 4.78 is 10.1. The van der Waals surface area contributed by atoms with Crippen LogP contribution in [-0.2, 0) is 6.42 Å². The van der Waals surface area contributed by atoms with Crippen LogP contribution in [0.1, 0.15) is 18.9 Å². The molecule has 0 aliphatic rings. The Hall–Kier alpha value is -1.25. The van der Waals surface area contributed by atoms with Crippen molar-refractivity contribution < 1.29 is 9.47 Å². The fourth-order valence-corrected chi connectivity index (χ4v) is 1.17. The molecular formula is C10H15NO2. The molecular weight excluding hydrogens is 166 g/mol. The SMILES string of the molecule is CCCc1cc(OC)nc(OC)c1. The number of aryl methyl sites for hydroxylation is 1. The minimum absolute atomic E-state index is 0.614. The molecule has 3 heteroatoms. The van der Waals surface area contributed by atoms with Crippen LogP contribution >= 0.6 is 0 Å². The number of methoxy groups -OCH3 is 2. The maximum Gasteiger partial charge on any atom is 0.216 e. The number of rotatable bonds is 4. The first-order valence-electron chi connectivity index (χ1n) is 4.39. The summed E-state index contributed by atoms with van der Waals surface area (Å²) in [6.07, 6.45) is 2.13. The minimum atomic E-state index is 0.614. The Labute approximate surface area is 78.7 Å². The van der Waals surface area contributed by atoms with Crippen molar-refractivity contribution in [3.63, 3.8) is 0 Å². The van der Waals surface area contributed by atoms with Crippen molar-refractivity contribution in [1.82, 2.24) is 4.98 Å². The lowest BCUT2D eigenvalue weighted by Crippen LogP contribution is -1.95. The predicted octanol–water partition coefficient (Wildman–Crippen LogP) is 2.05. The van der Waals surface area contributed by atoms with Gasteiger partial charge in [0.2, 0.25) is 11.8 Å². The van der Waals surface area contributed by atoms with Crippen molar-refractivity contribution in [3.8, 4) is 11.8 Å². The standard InChI is InChI=1S/C10H15NO2/c1-4-5-8-6-9(12-2)11-10(7-8)13-3/h6-7H,4-5H2,1-3H3. The summed E-state index contributed by atoms with van der Waals surface area (Å²) in [5, 5.41) is 0. The lowest BCUT2D eigenvalue weighted by Gasteiger charge is -2.05. The number of aromatic nitrogens is 1. The van der Waals surface area contributed by atoms with E-state index in [0.29, 0.717) is 11.8 Å². The lowest BCUT2D eigenvalue weighted by atomic mass is 10.1. The quantitative estimate of drug-likeness (QED) is 0.712. The molecule has 13 heavy (non-hydrogen) atoms. The molecule has 0 radical (unpaired) electrons. The van der Waals surface area contributed by atoms with Gasteiger partial charge >= 0.3 is 0 Å². The van der Waals surface area contributed by atoms with E-state index in [1.165, 1.54) is 5.56 Å². The van der Waals surface area contributed by atoms with Crippen LogP contribution in [0.15, 0.2) is 12.1 Å². The summed E-state index contributed by atoms with van der Waals surface area (Å²) in [7, 11) is 3.22. The normalized spacial score (nSPS) is 9.77. The van der Waals surface area contributed by atoms with E-state index in [9.17, 15) is 0 Å². The zero-order valence-electron chi connectivity index (χ0n) is 8.33. The van der Waals surface area contributed by atoms with Gasteiger partial charge < -0.3 is 9.47 Å². The number of hydrogen-bond donors (Lipinski definition) is 0. The first-order chi connectivity index (χ1) is 6.30. The van der Waals surface area contributed by atoms with Gasteiger partial charge in [0.15, 0.2) is 0 Å². The second-order valence-corrected chi connectivity index (χ2v) is 2.81. The first-order valence-corrected chi connectivity index (χ1v) is 4.39. The zero-order chi connectivity index (χ0) is 9.68. The molecule has 0 saturated carbocycles. The van der Waals surface area contributed by atoms with E-state index in [-0.39, 0.29) is 0 Å². The van der Waals surface area contributed by atoms with Crippen LogP contribution in [-0.4, -0.2) is 19.2 Å². The van der Waals surface area contributed by atoms with E-state index in [1.54, 1.807) is 14.2 Å². The Bertz CT molecular complexity index is 251. The molecule has 0 N–H and O–H groups in total. The third kappa shape index (κ3) is 2.61. The molecule has 0 aliphatic carbocycles. The van der Waals surface area contributed by atoms with Crippen molar-refractivity contribution in [3.05, 3.63) is 17.7 Å². The van der Waals surface area contributed by atoms with Crippen LogP contribution in [0.4, 0.5) is 0 Å². The fraction of sp³-hybridized carbons (Fsp3) is 0.500. The Balaban J connectivity index is 2.93. The van der Waals surface area contributed by atoms with Gasteiger partial charge in [-0.05, 0) is 12.0 Å². The maximum absolute atomic E-state index is 5.05. The highest BCUT2D eigenvalue weighted by Gasteiger charge is 2.01. The molecule has 72 valence electrons. The van der Waals surface area contributed by atoms with Crippen molar-refractivity contribution in [2.45, 2.75) is 19.8 Å². The van der Waals surface area contributed by atoms with Crippen LogP contribution in [0, 0.1) is 0 Å². The molecule has 0 atom stereocenters. The molecule has 0 spiro atoms. The lowest BCUT2D eigenvalue weighted by molar-refractivity contribution is 0.363. The van der Waals surface area contributed by atoms with Crippen molar-refractivity contribution in [2.24, 2.45) is 0 Å². The first kappa shape index (κ1) is 9.84. The molecule has 1 rings (SSSR count). The highest BCUT2D eigenvalue weighted by molar-refractivity contribution is 5.28. The van der Waals surface area contributed by atoms with Gasteiger partial charge in [-0.2, -0.15) is 4.98 Å². The number of ether oxygens (including phenoxy) is 2. The van der Waals surface area contributed by atoms with Gasteiger partial charge in [-0.25, -0.2) is 0 Å². The van der Waals surface area contributed by atoms with Crippen LogP contribution in [0.5, 0.6) is 11.8 Å². The molecule has 0 aromatic carbocycles.